The summed E-state index contributed by atoms with van der Waals surface area (Å²) >= 11 is 0. The zero-order valence-corrected chi connectivity index (χ0v) is 21.9. The summed E-state index contributed by atoms with van der Waals surface area (Å²) in [5.74, 6) is 2.68. The van der Waals surface area contributed by atoms with Crippen LogP contribution in [0.25, 0.3) is 11.0 Å². The lowest BCUT2D eigenvalue weighted by Crippen LogP contribution is -2.37. The topological polar surface area (TPSA) is 109 Å². The Morgan fingerprint density at radius 2 is 1.54 bits per heavy atom. The number of rotatable bonds is 8. The van der Waals surface area contributed by atoms with Gasteiger partial charge in [0, 0.05) is 40.5 Å². The first-order valence-corrected chi connectivity index (χ1v) is 15.6. The van der Waals surface area contributed by atoms with Crippen LogP contribution in [-0.4, -0.2) is 51.2 Å². The molecule has 1 atom stereocenters. The van der Waals surface area contributed by atoms with E-state index in [9.17, 15) is 12.6 Å². The molecule has 1 aromatic carbocycles. The predicted octanol–water partition coefficient (Wildman–Crippen LogP) is 4.43. The molecule has 188 valence electrons. The number of nitrogens with zero attached hydrogens (tertiary/aromatic N) is 4. The number of aryl methyl sites for hydroxylation is 1. The number of hydrogen-bond donors (Lipinski definition) is 1. The zero-order chi connectivity index (χ0) is 24.8. The molecule has 0 aliphatic heterocycles. The first kappa shape index (κ1) is 24.2. The van der Waals surface area contributed by atoms with E-state index in [0.29, 0.717) is 40.2 Å². The van der Waals surface area contributed by atoms with Crippen LogP contribution in [0.15, 0.2) is 47.8 Å². The van der Waals surface area contributed by atoms with Crippen molar-refractivity contribution in [1.29, 1.82) is 4.78 Å². The molecule has 2 heterocycles. The van der Waals surface area contributed by atoms with Gasteiger partial charge in [0.05, 0.1) is 10.3 Å². The number of nitrogens with one attached hydrogen (secondary N) is 1. The quantitative estimate of drug-likeness (QED) is 0.475. The van der Waals surface area contributed by atoms with Crippen LogP contribution in [0.2, 0.25) is 0 Å². The maximum Gasteiger partial charge on any atom is 0.269 e. The fourth-order valence-electron chi connectivity index (χ4n) is 5.20. The maximum atomic E-state index is 13.3. The second kappa shape index (κ2) is 9.20. The molecule has 8 nitrogen and oxygen atoms in total. The summed E-state index contributed by atoms with van der Waals surface area (Å²) in [7, 11) is -4.24. The van der Waals surface area contributed by atoms with Crippen molar-refractivity contribution in [1.82, 2.24) is 13.9 Å². The standard InChI is InChI=1S/C25H33N5O3S2/c1-18-3-11-22(12-4-18)35(32,33)30-14-13-23-24(27-17-28-25(23)30)29(2)21-9-7-20(8-10-21)16-34(26,31)15-19-5-6-19/h3-4,11-14,17,19-21,26H,5-10,15-16H2,1-2H3. The van der Waals surface area contributed by atoms with Crippen molar-refractivity contribution in [3.05, 3.63) is 48.4 Å². The average molecular weight is 516 g/mol. The fraction of sp³-hybridized carbons (Fsp3) is 0.520. The second-order valence-electron chi connectivity index (χ2n) is 10.2. The van der Waals surface area contributed by atoms with E-state index in [1.807, 2.05) is 14.0 Å². The minimum Gasteiger partial charge on any atom is -0.356 e. The van der Waals surface area contributed by atoms with E-state index in [2.05, 4.69) is 14.9 Å². The van der Waals surface area contributed by atoms with Crippen molar-refractivity contribution in [3.63, 3.8) is 0 Å². The molecule has 1 N–H and O–H groups in total. The molecule has 3 aromatic rings. The van der Waals surface area contributed by atoms with Crippen LogP contribution in [0, 0.1) is 23.5 Å². The number of fused-ring (bicyclic) bond motifs is 1. The lowest BCUT2D eigenvalue weighted by Gasteiger charge is -2.35. The van der Waals surface area contributed by atoms with E-state index in [4.69, 9.17) is 4.78 Å². The van der Waals surface area contributed by atoms with Gasteiger partial charge in [0.15, 0.2) is 5.65 Å². The highest BCUT2D eigenvalue weighted by Gasteiger charge is 2.31. The molecule has 35 heavy (non-hydrogen) atoms. The molecule has 2 fully saturated rings. The molecule has 5 rings (SSSR count). The maximum absolute atomic E-state index is 13.3. The van der Waals surface area contributed by atoms with Crippen LogP contribution in [0.5, 0.6) is 0 Å². The molecule has 0 saturated heterocycles. The van der Waals surface area contributed by atoms with Gasteiger partial charge in [-0.25, -0.2) is 26.6 Å². The van der Waals surface area contributed by atoms with Crippen LogP contribution in [0.3, 0.4) is 0 Å². The molecular formula is C25H33N5O3S2. The molecule has 10 heteroatoms. The van der Waals surface area contributed by atoms with Gasteiger partial charge in [0.1, 0.15) is 12.1 Å². The van der Waals surface area contributed by atoms with Gasteiger partial charge in [0.25, 0.3) is 10.0 Å². The lowest BCUT2D eigenvalue weighted by atomic mass is 9.86. The van der Waals surface area contributed by atoms with Crippen molar-refractivity contribution in [2.24, 2.45) is 11.8 Å². The van der Waals surface area contributed by atoms with Crippen LogP contribution in [-0.2, 0) is 19.8 Å². The van der Waals surface area contributed by atoms with E-state index in [0.717, 1.165) is 44.1 Å². The third kappa shape index (κ3) is 5.09. The summed E-state index contributed by atoms with van der Waals surface area (Å²) in [6.07, 6.45) is 9.02. The highest BCUT2D eigenvalue weighted by molar-refractivity contribution is 7.92. The molecule has 0 spiro atoms. The first-order chi connectivity index (χ1) is 16.6. The summed E-state index contributed by atoms with van der Waals surface area (Å²) in [6.45, 7) is 1.92. The Morgan fingerprint density at radius 3 is 2.14 bits per heavy atom. The normalized spacial score (nSPS) is 22.7. The number of hydrogen-bond acceptors (Lipinski definition) is 7. The number of benzene rings is 1. The Balaban J connectivity index is 1.32. The minimum absolute atomic E-state index is 0.222. The third-order valence-corrected chi connectivity index (χ3v) is 11.1. The molecule has 0 amide bonds. The van der Waals surface area contributed by atoms with Gasteiger partial charge in [-0.05, 0) is 75.5 Å². The monoisotopic (exact) mass is 515 g/mol. The second-order valence-corrected chi connectivity index (χ2v) is 14.3. The van der Waals surface area contributed by atoms with E-state index >= 15 is 0 Å². The highest BCUT2D eigenvalue weighted by atomic mass is 32.2. The van der Waals surface area contributed by atoms with Crippen LogP contribution in [0.4, 0.5) is 5.82 Å². The van der Waals surface area contributed by atoms with Gasteiger partial charge in [-0.2, -0.15) is 0 Å². The van der Waals surface area contributed by atoms with Gasteiger partial charge in [-0.1, -0.05) is 17.7 Å². The Hall–Kier alpha value is -2.46. The van der Waals surface area contributed by atoms with E-state index in [1.165, 1.54) is 10.3 Å². The molecular weight excluding hydrogens is 482 g/mol. The summed E-state index contributed by atoms with van der Waals surface area (Å²) < 4.78 is 48.7. The Kier molecular flexibility index (Phi) is 6.37. The van der Waals surface area contributed by atoms with E-state index < -0.39 is 19.8 Å². The van der Waals surface area contributed by atoms with Gasteiger partial charge in [-0.3, -0.25) is 4.78 Å². The molecule has 2 aromatic heterocycles. The summed E-state index contributed by atoms with van der Waals surface area (Å²) in [5, 5.41) is 0.700. The van der Waals surface area contributed by atoms with Gasteiger partial charge < -0.3 is 4.90 Å². The Labute approximate surface area is 207 Å². The van der Waals surface area contributed by atoms with Crippen LogP contribution < -0.4 is 4.90 Å². The molecule has 0 bridgehead atoms. The van der Waals surface area contributed by atoms with Gasteiger partial charge >= 0.3 is 0 Å². The number of aromatic nitrogens is 3. The van der Waals surface area contributed by atoms with Crippen LogP contribution in [0.1, 0.15) is 44.1 Å². The van der Waals surface area contributed by atoms with Crippen molar-refractivity contribution >= 4 is 36.6 Å². The highest BCUT2D eigenvalue weighted by Crippen LogP contribution is 2.35. The largest absolute Gasteiger partial charge is 0.356 e. The first-order valence-electron chi connectivity index (χ1n) is 12.3. The van der Waals surface area contributed by atoms with E-state index in [1.54, 1.807) is 36.5 Å². The number of anilines is 1. The van der Waals surface area contributed by atoms with Crippen molar-refractivity contribution in [2.75, 3.05) is 23.5 Å². The Bertz CT molecular complexity index is 1420. The third-order valence-electron chi connectivity index (χ3n) is 7.41. The summed E-state index contributed by atoms with van der Waals surface area (Å²) in [5.41, 5.74) is 1.36. The lowest BCUT2D eigenvalue weighted by molar-refractivity contribution is 0.342. The zero-order valence-electron chi connectivity index (χ0n) is 20.3. The molecule has 1 unspecified atom stereocenters. The SMILES string of the molecule is Cc1ccc(S(=O)(=O)n2ccc3c(N(C)C4CCC(CS(=N)(=O)CC5CC5)CC4)ncnc32)cc1. The summed E-state index contributed by atoms with van der Waals surface area (Å²) in [6, 6.07) is 8.83. The smallest absolute Gasteiger partial charge is 0.269 e. The molecule has 0 radical (unpaired) electrons. The minimum atomic E-state index is -3.77. The van der Waals surface area contributed by atoms with Gasteiger partial charge in [-0.15, -0.1) is 0 Å². The summed E-state index contributed by atoms with van der Waals surface area (Å²) in [4.78, 5) is 11.2. The van der Waals surface area contributed by atoms with Crippen LogP contribution >= 0.6 is 0 Å². The van der Waals surface area contributed by atoms with Gasteiger partial charge in [0.2, 0.25) is 0 Å². The van der Waals surface area contributed by atoms with Crippen molar-refractivity contribution in [3.8, 4) is 0 Å². The van der Waals surface area contributed by atoms with Crippen molar-refractivity contribution in [2.45, 2.75) is 56.4 Å². The predicted molar refractivity (Wildman–Crippen MR) is 139 cm³/mol. The van der Waals surface area contributed by atoms with Crippen molar-refractivity contribution < 1.29 is 12.6 Å². The van der Waals surface area contributed by atoms with E-state index in [-0.39, 0.29) is 10.9 Å². The molecule has 2 aliphatic rings. The average Bonchev–Trinajstić information content (AvgIpc) is 3.51. The fourth-order valence-corrected chi connectivity index (χ4v) is 8.83. The molecule has 2 aliphatic carbocycles. The molecule has 2 saturated carbocycles. The Morgan fingerprint density at radius 1 is 0.943 bits per heavy atom.